The molecule has 1 aliphatic rings. The maximum absolute atomic E-state index is 13.5. The van der Waals surface area contributed by atoms with E-state index in [0.717, 1.165) is 0 Å². The first-order valence-corrected chi connectivity index (χ1v) is 5.07. The van der Waals surface area contributed by atoms with Gasteiger partial charge in [0.15, 0.2) is 0 Å². The largest absolute Gasteiger partial charge is 0.398 e. The third-order valence-electron chi connectivity index (χ3n) is 2.59. The number of nitrogens with zero attached hydrogens (tertiary/aromatic N) is 1. The van der Waals surface area contributed by atoms with Crippen LogP contribution in [0.15, 0.2) is 18.2 Å². The second-order valence-electron chi connectivity index (χ2n) is 3.68. The van der Waals surface area contributed by atoms with Crippen LogP contribution in [0.3, 0.4) is 0 Å². The van der Waals surface area contributed by atoms with Crippen LogP contribution in [-0.4, -0.2) is 30.6 Å². The Hall–Kier alpha value is -1.62. The van der Waals surface area contributed by atoms with Gasteiger partial charge >= 0.3 is 0 Å². The highest BCUT2D eigenvalue weighted by Crippen LogP contribution is 2.18. The molecule has 0 aromatic heterocycles. The summed E-state index contributed by atoms with van der Waals surface area (Å²) in [5, 5.41) is 0. The van der Waals surface area contributed by atoms with Crippen LogP contribution in [-0.2, 0) is 16.1 Å². The number of amides is 1. The molecule has 2 rings (SSSR count). The van der Waals surface area contributed by atoms with Gasteiger partial charge in [0.05, 0.1) is 13.2 Å². The lowest BCUT2D eigenvalue weighted by molar-refractivity contribution is -0.143. The zero-order valence-corrected chi connectivity index (χ0v) is 8.78. The Bertz CT molecular complexity index is 389. The van der Waals surface area contributed by atoms with Gasteiger partial charge in [-0.15, -0.1) is 0 Å². The summed E-state index contributed by atoms with van der Waals surface area (Å²) in [6.45, 7) is 1.24. The van der Waals surface area contributed by atoms with Crippen molar-refractivity contribution in [3.05, 3.63) is 29.6 Å². The van der Waals surface area contributed by atoms with Gasteiger partial charge in [0.2, 0.25) is 5.91 Å². The van der Waals surface area contributed by atoms with Crippen LogP contribution < -0.4 is 5.73 Å². The minimum absolute atomic E-state index is 0.0638. The number of nitrogens with two attached hydrogens (primary N) is 1. The molecule has 86 valence electrons. The van der Waals surface area contributed by atoms with Crippen LogP contribution in [0.4, 0.5) is 10.1 Å². The Morgan fingerprint density at radius 1 is 1.50 bits per heavy atom. The van der Waals surface area contributed by atoms with E-state index in [4.69, 9.17) is 10.5 Å². The molecule has 1 heterocycles. The average molecular weight is 224 g/mol. The number of halogens is 1. The van der Waals surface area contributed by atoms with Gasteiger partial charge in [0, 0.05) is 17.8 Å². The number of morpholine rings is 1. The normalized spacial score (nSPS) is 16.6. The second-order valence-corrected chi connectivity index (χ2v) is 3.68. The number of nitrogen functional groups attached to an aromatic ring is 1. The van der Waals surface area contributed by atoms with Gasteiger partial charge in [-0.3, -0.25) is 4.79 Å². The van der Waals surface area contributed by atoms with Crippen LogP contribution in [0.5, 0.6) is 0 Å². The molecular formula is C11H13FN2O2. The van der Waals surface area contributed by atoms with Crippen LogP contribution >= 0.6 is 0 Å². The molecule has 2 N–H and O–H groups in total. The predicted molar refractivity (Wildman–Crippen MR) is 57.0 cm³/mol. The number of rotatable bonds is 2. The van der Waals surface area contributed by atoms with Crippen molar-refractivity contribution in [3.63, 3.8) is 0 Å². The minimum Gasteiger partial charge on any atom is -0.398 e. The van der Waals surface area contributed by atoms with Crippen molar-refractivity contribution in [2.24, 2.45) is 0 Å². The van der Waals surface area contributed by atoms with Crippen molar-refractivity contribution in [1.82, 2.24) is 4.90 Å². The summed E-state index contributed by atoms with van der Waals surface area (Å²) in [5.74, 6) is -0.506. The first kappa shape index (κ1) is 10.9. The Labute approximate surface area is 92.8 Å². The molecule has 1 amide bonds. The molecule has 0 bridgehead atoms. The SMILES string of the molecule is Nc1cccc(F)c1CN1CCOCC1=O. The van der Waals surface area contributed by atoms with Gasteiger partial charge in [-0.2, -0.15) is 0 Å². The quantitative estimate of drug-likeness (QED) is 0.755. The molecule has 0 atom stereocenters. The Balaban J connectivity index is 2.16. The van der Waals surface area contributed by atoms with Gasteiger partial charge in [0.1, 0.15) is 12.4 Å². The summed E-state index contributed by atoms with van der Waals surface area (Å²) in [4.78, 5) is 13.0. The van der Waals surface area contributed by atoms with E-state index < -0.39 is 0 Å². The van der Waals surface area contributed by atoms with Crippen molar-refractivity contribution in [2.45, 2.75) is 6.54 Å². The number of hydrogen-bond donors (Lipinski definition) is 1. The van der Waals surface area contributed by atoms with Gasteiger partial charge < -0.3 is 15.4 Å². The molecule has 1 fully saturated rings. The average Bonchev–Trinajstić information content (AvgIpc) is 2.26. The standard InChI is InChI=1S/C11H13FN2O2/c12-9-2-1-3-10(13)8(9)6-14-4-5-16-7-11(14)15/h1-3H,4-7,13H2. The summed E-state index contributed by atoms with van der Waals surface area (Å²) in [7, 11) is 0. The van der Waals surface area contributed by atoms with Crippen molar-refractivity contribution in [2.75, 3.05) is 25.5 Å². The maximum Gasteiger partial charge on any atom is 0.248 e. The van der Waals surface area contributed by atoms with Crippen molar-refractivity contribution < 1.29 is 13.9 Å². The zero-order valence-electron chi connectivity index (χ0n) is 8.78. The number of ether oxygens (including phenoxy) is 1. The summed E-state index contributed by atoms with van der Waals surface area (Å²) in [6.07, 6.45) is 0. The highest BCUT2D eigenvalue weighted by Gasteiger charge is 2.20. The number of anilines is 1. The third kappa shape index (κ3) is 2.14. The molecule has 0 saturated carbocycles. The summed E-state index contributed by atoms with van der Waals surface area (Å²) >= 11 is 0. The molecule has 16 heavy (non-hydrogen) atoms. The van der Waals surface area contributed by atoms with Crippen LogP contribution in [0.2, 0.25) is 0 Å². The molecule has 1 aliphatic heterocycles. The van der Waals surface area contributed by atoms with E-state index in [1.807, 2.05) is 0 Å². The first-order valence-electron chi connectivity index (χ1n) is 5.07. The zero-order chi connectivity index (χ0) is 11.5. The summed E-state index contributed by atoms with van der Waals surface area (Å²) < 4.78 is 18.5. The lowest BCUT2D eigenvalue weighted by atomic mass is 10.1. The second kappa shape index (κ2) is 4.49. The minimum atomic E-state index is -0.376. The van der Waals surface area contributed by atoms with Gasteiger partial charge in [-0.05, 0) is 12.1 Å². The van der Waals surface area contributed by atoms with Gasteiger partial charge in [-0.25, -0.2) is 4.39 Å². The van der Waals surface area contributed by atoms with E-state index in [9.17, 15) is 9.18 Å². The Kier molecular flexibility index (Phi) is 3.05. The third-order valence-corrected chi connectivity index (χ3v) is 2.59. The van der Waals surface area contributed by atoms with Gasteiger partial charge in [-0.1, -0.05) is 6.07 Å². The number of carbonyl (C=O) groups excluding carboxylic acids is 1. The lowest BCUT2D eigenvalue weighted by Crippen LogP contribution is -2.41. The number of hydrogen-bond acceptors (Lipinski definition) is 3. The molecule has 0 radical (unpaired) electrons. The van der Waals surface area contributed by atoms with E-state index in [-0.39, 0.29) is 24.9 Å². The van der Waals surface area contributed by atoms with E-state index in [1.54, 1.807) is 17.0 Å². The lowest BCUT2D eigenvalue weighted by Gasteiger charge is -2.27. The molecule has 1 aromatic carbocycles. The highest BCUT2D eigenvalue weighted by atomic mass is 19.1. The van der Waals surface area contributed by atoms with Crippen LogP contribution in [0.1, 0.15) is 5.56 Å². The fourth-order valence-electron chi connectivity index (χ4n) is 1.65. The molecular weight excluding hydrogens is 211 g/mol. The Morgan fingerprint density at radius 3 is 3.00 bits per heavy atom. The first-order chi connectivity index (χ1) is 7.68. The monoisotopic (exact) mass is 224 g/mol. The fourth-order valence-corrected chi connectivity index (χ4v) is 1.65. The molecule has 0 unspecified atom stereocenters. The van der Waals surface area contributed by atoms with Crippen LogP contribution in [0.25, 0.3) is 0 Å². The van der Waals surface area contributed by atoms with Crippen molar-refractivity contribution in [1.29, 1.82) is 0 Å². The molecule has 1 saturated heterocycles. The molecule has 4 nitrogen and oxygen atoms in total. The van der Waals surface area contributed by atoms with Gasteiger partial charge in [0.25, 0.3) is 0 Å². The number of carbonyl (C=O) groups is 1. The fraction of sp³-hybridized carbons (Fsp3) is 0.364. The molecule has 0 aliphatic carbocycles. The van der Waals surface area contributed by atoms with E-state index in [2.05, 4.69) is 0 Å². The van der Waals surface area contributed by atoms with E-state index in [0.29, 0.717) is 24.4 Å². The number of benzene rings is 1. The molecule has 5 heteroatoms. The maximum atomic E-state index is 13.5. The van der Waals surface area contributed by atoms with E-state index in [1.165, 1.54) is 6.07 Å². The van der Waals surface area contributed by atoms with Crippen molar-refractivity contribution >= 4 is 11.6 Å². The summed E-state index contributed by atoms with van der Waals surface area (Å²) in [5.41, 5.74) is 6.42. The summed E-state index contributed by atoms with van der Waals surface area (Å²) in [6, 6.07) is 4.52. The highest BCUT2D eigenvalue weighted by molar-refractivity contribution is 5.78. The predicted octanol–water partition coefficient (Wildman–Crippen LogP) is 0.767. The molecule has 0 spiro atoms. The van der Waals surface area contributed by atoms with Crippen molar-refractivity contribution in [3.8, 4) is 0 Å². The molecule has 1 aromatic rings. The van der Waals surface area contributed by atoms with E-state index >= 15 is 0 Å². The Morgan fingerprint density at radius 2 is 2.31 bits per heavy atom. The smallest absolute Gasteiger partial charge is 0.248 e. The van der Waals surface area contributed by atoms with Crippen LogP contribution in [0, 0.1) is 5.82 Å². The topological polar surface area (TPSA) is 55.6 Å².